The third-order valence-corrected chi connectivity index (χ3v) is 4.46. The van der Waals surface area contributed by atoms with Crippen LogP contribution in [-0.2, 0) is 0 Å². The fourth-order valence-corrected chi connectivity index (χ4v) is 3.10. The van der Waals surface area contributed by atoms with Crippen molar-refractivity contribution in [2.45, 2.75) is 33.8 Å². The molecular formula is C21H18F3N3O3. The van der Waals surface area contributed by atoms with Crippen molar-refractivity contribution in [3.63, 3.8) is 0 Å². The van der Waals surface area contributed by atoms with Crippen LogP contribution in [0.25, 0.3) is 5.69 Å². The number of hydrogen-bond donors (Lipinski definition) is 0. The first-order chi connectivity index (χ1) is 14.1. The minimum Gasteiger partial charge on any atom is -0.484 e. The van der Waals surface area contributed by atoms with Crippen LogP contribution < -0.4 is 10.3 Å². The van der Waals surface area contributed by atoms with Gasteiger partial charge in [-0.2, -0.15) is 0 Å². The molecule has 0 spiro atoms. The number of pyridine rings is 3. The number of halogens is 3. The average Bonchev–Trinajstić information content (AvgIpc) is 2.63. The number of Topliss-reactive ketones (excluding diaryl/α,β-unsaturated/α-hetero) is 1. The number of hydrogen-bond acceptors (Lipinski definition) is 5. The van der Waals surface area contributed by atoms with Crippen LogP contribution in [0.4, 0.5) is 13.2 Å². The third kappa shape index (κ3) is 3.96. The van der Waals surface area contributed by atoms with E-state index in [1.165, 1.54) is 26.1 Å². The van der Waals surface area contributed by atoms with Gasteiger partial charge in [0.1, 0.15) is 29.1 Å². The van der Waals surface area contributed by atoms with Crippen molar-refractivity contribution in [3.8, 4) is 11.4 Å². The smallest absolute Gasteiger partial charge is 0.259 e. The Morgan fingerprint density at radius 2 is 1.80 bits per heavy atom. The predicted molar refractivity (Wildman–Crippen MR) is 102 cm³/mol. The molecule has 3 aromatic heterocycles. The molecule has 9 heteroatoms. The third-order valence-electron chi connectivity index (χ3n) is 4.46. The summed E-state index contributed by atoms with van der Waals surface area (Å²) in [4.78, 5) is 31.8. The second kappa shape index (κ2) is 8.10. The summed E-state index contributed by atoms with van der Waals surface area (Å²) in [6, 6.07) is 3.26. The second-order valence-corrected chi connectivity index (χ2v) is 6.80. The predicted octanol–water partition coefficient (Wildman–Crippen LogP) is 4.00. The van der Waals surface area contributed by atoms with E-state index in [1.807, 2.05) is 0 Å². The molecule has 0 saturated heterocycles. The molecular weight excluding hydrogens is 399 g/mol. The van der Waals surface area contributed by atoms with E-state index in [4.69, 9.17) is 4.74 Å². The summed E-state index contributed by atoms with van der Waals surface area (Å²) in [6.07, 6.45) is 1.27. The SMILES string of the molecule is CC(=O)c1ncc(C)c(-n2c(C)cc(OC(C)c3ncc(F)cc3F)cc2=O)c1F. The Kier molecular flexibility index (Phi) is 5.73. The van der Waals surface area contributed by atoms with E-state index in [9.17, 15) is 22.8 Å². The maximum absolute atomic E-state index is 14.9. The van der Waals surface area contributed by atoms with Crippen LogP contribution in [0.15, 0.2) is 35.4 Å². The van der Waals surface area contributed by atoms with Gasteiger partial charge in [-0.3, -0.25) is 19.1 Å². The number of aromatic nitrogens is 3. The lowest BCUT2D eigenvalue weighted by atomic mass is 10.1. The van der Waals surface area contributed by atoms with Crippen molar-refractivity contribution < 1.29 is 22.7 Å². The zero-order chi connectivity index (χ0) is 22.2. The lowest BCUT2D eigenvalue weighted by molar-refractivity contribution is 0.100. The number of nitrogens with zero attached hydrogens (tertiary/aromatic N) is 3. The fourth-order valence-electron chi connectivity index (χ4n) is 3.10. The van der Waals surface area contributed by atoms with E-state index >= 15 is 0 Å². The van der Waals surface area contributed by atoms with E-state index in [-0.39, 0.29) is 22.8 Å². The van der Waals surface area contributed by atoms with E-state index in [1.54, 1.807) is 13.8 Å². The quantitative estimate of drug-likeness (QED) is 0.587. The molecule has 0 radical (unpaired) electrons. The monoisotopic (exact) mass is 417 g/mol. The molecule has 0 aliphatic rings. The van der Waals surface area contributed by atoms with Crippen molar-refractivity contribution in [1.82, 2.24) is 14.5 Å². The molecule has 6 nitrogen and oxygen atoms in total. The Balaban J connectivity index is 2.02. The molecule has 0 saturated carbocycles. The van der Waals surface area contributed by atoms with E-state index in [0.717, 1.165) is 16.8 Å². The van der Waals surface area contributed by atoms with Crippen LogP contribution in [-0.4, -0.2) is 20.3 Å². The van der Waals surface area contributed by atoms with Crippen LogP contribution in [0.3, 0.4) is 0 Å². The van der Waals surface area contributed by atoms with Crippen molar-refractivity contribution in [2.24, 2.45) is 0 Å². The summed E-state index contributed by atoms with van der Waals surface area (Å²) < 4.78 is 48.6. The van der Waals surface area contributed by atoms with E-state index in [2.05, 4.69) is 9.97 Å². The molecule has 30 heavy (non-hydrogen) atoms. The van der Waals surface area contributed by atoms with Gasteiger partial charge in [-0.05, 0) is 26.3 Å². The largest absolute Gasteiger partial charge is 0.484 e. The Morgan fingerprint density at radius 1 is 1.10 bits per heavy atom. The zero-order valence-corrected chi connectivity index (χ0v) is 16.7. The highest BCUT2D eigenvalue weighted by atomic mass is 19.1. The molecule has 156 valence electrons. The lowest BCUT2D eigenvalue weighted by Crippen LogP contribution is -2.23. The van der Waals surface area contributed by atoms with Gasteiger partial charge in [-0.25, -0.2) is 18.2 Å². The van der Waals surface area contributed by atoms with Crippen molar-refractivity contribution in [2.75, 3.05) is 0 Å². The number of aryl methyl sites for hydroxylation is 2. The van der Waals surface area contributed by atoms with Crippen molar-refractivity contribution >= 4 is 5.78 Å². The summed E-state index contributed by atoms with van der Waals surface area (Å²) >= 11 is 0. The number of rotatable bonds is 5. The van der Waals surface area contributed by atoms with Gasteiger partial charge < -0.3 is 4.74 Å². The second-order valence-electron chi connectivity index (χ2n) is 6.80. The number of carbonyl (C=O) groups is 1. The van der Waals surface area contributed by atoms with E-state index < -0.39 is 34.9 Å². The van der Waals surface area contributed by atoms with Gasteiger partial charge in [0.25, 0.3) is 5.56 Å². The van der Waals surface area contributed by atoms with Gasteiger partial charge in [0.05, 0.1) is 11.9 Å². The summed E-state index contributed by atoms with van der Waals surface area (Å²) in [5, 5.41) is 0. The van der Waals surface area contributed by atoms with Crippen LogP contribution in [0, 0.1) is 31.3 Å². The highest BCUT2D eigenvalue weighted by Gasteiger charge is 2.21. The topological polar surface area (TPSA) is 74.1 Å². The van der Waals surface area contributed by atoms with Crippen LogP contribution in [0.1, 0.15) is 47.4 Å². The van der Waals surface area contributed by atoms with Gasteiger partial charge in [-0.15, -0.1) is 0 Å². The summed E-state index contributed by atoms with van der Waals surface area (Å²) in [5.41, 5.74) is -0.507. The molecule has 0 aliphatic heterocycles. The molecule has 1 unspecified atom stereocenters. The minimum atomic E-state index is -0.913. The van der Waals surface area contributed by atoms with Gasteiger partial charge in [-0.1, -0.05) is 0 Å². The van der Waals surface area contributed by atoms with Crippen LogP contribution >= 0.6 is 0 Å². The Bertz CT molecular complexity index is 1210. The summed E-state index contributed by atoms with van der Waals surface area (Å²) in [5.74, 6) is -3.06. The normalized spacial score (nSPS) is 12.0. The molecule has 3 rings (SSSR count). The summed E-state index contributed by atoms with van der Waals surface area (Å²) in [7, 11) is 0. The molecule has 0 N–H and O–H groups in total. The average molecular weight is 417 g/mol. The molecule has 0 amide bonds. The molecule has 0 fully saturated rings. The van der Waals surface area contributed by atoms with Crippen molar-refractivity contribution in [3.05, 3.63) is 81.0 Å². The van der Waals surface area contributed by atoms with Crippen molar-refractivity contribution in [1.29, 1.82) is 0 Å². The van der Waals surface area contributed by atoms with Gasteiger partial charge in [0, 0.05) is 37.0 Å². The molecule has 0 aromatic carbocycles. The zero-order valence-electron chi connectivity index (χ0n) is 16.7. The van der Waals surface area contributed by atoms with Gasteiger partial charge in [0.15, 0.2) is 17.4 Å². The maximum Gasteiger partial charge on any atom is 0.259 e. The fraction of sp³-hybridized carbons (Fsp3) is 0.238. The highest BCUT2D eigenvalue weighted by Crippen LogP contribution is 2.25. The molecule has 0 bridgehead atoms. The first kappa shape index (κ1) is 21.2. The Hall–Kier alpha value is -3.49. The van der Waals surface area contributed by atoms with Crippen LogP contribution in [0.5, 0.6) is 5.75 Å². The Morgan fingerprint density at radius 3 is 2.40 bits per heavy atom. The first-order valence-electron chi connectivity index (χ1n) is 8.97. The molecule has 0 aliphatic carbocycles. The number of carbonyl (C=O) groups excluding carboxylic acids is 1. The highest BCUT2D eigenvalue weighted by molar-refractivity contribution is 5.93. The Labute approximate surface area is 170 Å². The molecule has 3 aromatic rings. The first-order valence-corrected chi connectivity index (χ1v) is 8.97. The summed E-state index contributed by atoms with van der Waals surface area (Å²) in [6.45, 7) is 5.80. The molecule has 1 atom stereocenters. The van der Waals surface area contributed by atoms with E-state index in [0.29, 0.717) is 17.3 Å². The van der Waals surface area contributed by atoms with Crippen LogP contribution in [0.2, 0.25) is 0 Å². The standard InChI is InChI=1S/C21H18F3N3O3/c1-10-8-25-19(12(3)28)18(24)21(10)27-11(2)5-15(7-17(27)29)30-13(4)20-16(23)6-14(22)9-26-20/h5-9,13H,1-4H3. The lowest BCUT2D eigenvalue weighted by Gasteiger charge is -2.18. The van der Waals surface area contributed by atoms with Gasteiger partial charge in [0.2, 0.25) is 0 Å². The maximum atomic E-state index is 14.9. The number of ether oxygens (including phenoxy) is 1. The number of ketones is 1. The van der Waals surface area contributed by atoms with Gasteiger partial charge >= 0.3 is 0 Å². The molecule has 3 heterocycles. The minimum absolute atomic E-state index is 0.0801.